The van der Waals surface area contributed by atoms with Crippen LogP contribution in [0.3, 0.4) is 0 Å². The molecule has 0 bridgehead atoms. The van der Waals surface area contributed by atoms with Crippen LogP contribution in [-0.4, -0.2) is 23.7 Å². The number of rotatable bonds is 8. The molecule has 1 unspecified atom stereocenters. The zero-order valence-corrected chi connectivity index (χ0v) is 13.5. The second kappa shape index (κ2) is 7.63. The van der Waals surface area contributed by atoms with E-state index in [9.17, 15) is 0 Å². The third kappa shape index (κ3) is 12.3. The van der Waals surface area contributed by atoms with E-state index in [1.54, 1.807) is 0 Å². The van der Waals surface area contributed by atoms with E-state index in [2.05, 4.69) is 39.7 Å². The lowest BCUT2D eigenvalue weighted by Gasteiger charge is -2.17. The van der Waals surface area contributed by atoms with Crippen LogP contribution < -0.4 is 0 Å². The van der Waals surface area contributed by atoms with E-state index < -0.39 is 17.1 Å². The molecule has 0 spiro atoms. The molecule has 0 rings (SSSR count). The van der Waals surface area contributed by atoms with Gasteiger partial charge in [-0.3, -0.25) is 0 Å². The van der Waals surface area contributed by atoms with Crippen molar-refractivity contribution in [3.8, 4) is 0 Å². The average Bonchev–Trinajstić information content (AvgIpc) is 2.07. The van der Waals surface area contributed by atoms with Gasteiger partial charge in [0.25, 0.3) is 0 Å². The molecule has 0 saturated heterocycles. The maximum absolute atomic E-state index is 5.71. The fraction of sp³-hybridized carbons (Fsp3) is 1.00. The molecular formula is C12H29OSi2. The molecule has 0 fully saturated rings. The molecule has 0 aromatic rings. The molecule has 0 aliphatic rings. The third-order valence-corrected chi connectivity index (χ3v) is 5.13. The minimum absolute atomic E-state index is 0.476. The van der Waals surface area contributed by atoms with Gasteiger partial charge in [0, 0.05) is 14.7 Å². The summed E-state index contributed by atoms with van der Waals surface area (Å²) in [6.07, 6.45) is 4.17. The first-order valence-corrected chi connectivity index (χ1v) is 12.4. The molecule has 1 atom stereocenters. The van der Waals surface area contributed by atoms with Crippen LogP contribution in [0.4, 0.5) is 0 Å². The molecule has 1 radical (unpaired) electrons. The van der Waals surface area contributed by atoms with Crippen LogP contribution >= 0.6 is 0 Å². The molecule has 0 N–H and O–H groups in total. The first-order valence-electron chi connectivity index (χ1n) is 6.24. The molecule has 0 amide bonds. The number of unbranched alkanes of at least 4 members (excludes halogenated alkanes) is 1. The summed E-state index contributed by atoms with van der Waals surface area (Å²) in [7, 11) is -1.27. The Morgan fingerprint density at radius 2 is 1.73 bits per heavy atom. The lowest BCUT2D eigenvalue weighted by molar-refractivity contribution is 0.254. The Labute approximate surface area is 99.3 Å². The summed E-state index contributed by atoms with van der Waals surface area (Å²) in [6, 6.07) is 1.48. The van der Waals surface area contributed by atoms with Crippen LogP contribution in [0.25, 0.3) is 0 Å². The van der Waals surface area contributed by atoms with Crippen molar-refractivity contribution >= 4 is 17.1 Å². The molecule has 0 aliphatic carbocycles. The van der Waals surface area contributed by atoms with Gasteiger partial charge in [-0.2, -0.15) is 0 Å². The van der Waals surface area contributed by atoms with Crippen molar-refractivity contribution in [3.05, 3.63) is 0 Å². The number of hydrogen-bond donors (Lipinski definition) is 0. The highest BCUT2D eigenvalue weighted by Gasteiger charge is 2.12. The van der Waals surface area contributed by atoms with Crippen LogP contribution in [0.5, 0.6) is 0 Å². The molecule has 15 heavy (non-hydrogen) atoms. The minimum atomic E-state index is -0.792. The van der Waals surface area contributed by atoms with Crippen molar-refractivity contribution in [1.29, 1.82) is 0 Å². The van der Waals surface area contributed by atoms with Gasteiger partial charge in [0.05, 0.1) is 0 Å². The second-order valence-corrected chi connectivity index (χ2v) is 13.9. The minimum Gasteiger partial charge on any atom is -0.417 e. The van der Waals surface area contributed by atoms with Crippen molar-refractivity contribution in [1.82, 2.24) is 0 Å². The van der Waals surface area contributed by atoms with Crippen molar-refractivity contribution in [2.75, 3.05) is 6.61 Å². The maximum atomic E-state index is 5.71. The smallest absolute Gasteiger partial charge is 0.204 e. The van der Waals surface area contributed by atoms with Gasteiger partial charge in [-0.1, -0.05) is 45.5 Å². The van der Waals surface area contributed by atoms with E-state index in [-0.39, 0.29) is 0 Å². The molecule has 0 aromatic carbocycles. The lowest BCUT2D eigenvalue weighted by atomic mass is 10.1. The molecule has 1 nitrogen and oxygen atoms in total. The molecule has 0 aromatic heterocycles. The second-order valence-electron chi connectivity index (χ2n) is 6.13. The molecule has 0 heterocycles. The largest absolute Gasteiger partial charge is 0.417 e. The van der Waals surface area contributed by atoms with Crippen LogP contribution in [0.1, 0.15) is 26.2 Å². The van der Waals surface area contributed by atoms with E-state index in [0.29, 0.717) is 0 Å². The summed E-state index contributed by atoms with van der Waals surface area (Å²) in [4.78, 5) is 0. The van der Waals surface area contributed by atoms with Gasteiger partial charge in [-0.25, -0.2) is 0 Å². The summed E-state index contributed by atoms with van der Waals surface area (Å²) >= 11 is 0. The van der Waals surface area contributed by atoms with Crippen LogP contribution in [-0.2, 0) is 4.43 Å². The van der Waals surface area contributed by atoms with Gasteiger partial charge in [0.2, 0.25) is 9.04 Å². The predicted molar refractivity (Wildman–Crippen MR) is 74.6 cm³/mol. The standard InChI is InChI=1S/C12H29OSi2/c1-12(11-13-14(2)3)9-7-8-10-15(4,5)6/h12H,7-11H2,1-6H3. The van der Waals surface area contributed by atoms with Gasteiger partial charge < -0.3 is 4.43 Å². The summed E-state index contributed by atoms with van der Waals surface area (Å²) < 4.78 is 5.71. The Kier molecular flexibility index (Phi) is 7.83. The third-order valence-electron chi connectivity index (χ3n) is 2.53. The summed E-state index contributed by atoms with van der Waals surface area (Å²) in [5.41, 5.74) is 0. The van der Waals surface area contributed by atoms with Crippen LogP contribution in [0, 0.1) is 5.92 Å². The van der Waals surface area contributed by atoms with Crippen molar-refractivity contribution < 1.29 is 4.43 Å². The first-order chi connectivity index (χ1) is 6.81. The van der Waals surface area contributed by atoms with Crippen molar-refractivity contribution in [3.63, 3.8) is 0 Å². The Morgan fingerprint density at radius 3 is 2.20 bits per heavy atom. The normalized spacial score (nSPS) is 14.6. The van der Waals surface area contributed by atoms with Gasteiger partial charge >= 0.3 is 0 Å². The molecule has 3 heteroatoms. The highest BCUT2D eigenvalue weighted by molar-refractivity contribution is 6.76. The molecule has 0 aliphatic heterocycles. The Hall–Kier alpha value is 0.394. The van der Waals surface area contributed by atoms with Gasteiger partial charge in [0.15, 0.2) is 0 Å². The fourth-order valence-corrected chi connectivity index (χ4v) is 3.47. The van der Waals surface area contributed by atoms with Gasteiger partial charge in [-0.05, 0) is 25.4 Å². The monoisotopic (exact) mass is 245 g/mol. The van der Waals surface area contributed by atoms with E-state index >= 15 is 0 Å². The number of hydrogen-bond acceptors (Lipinski definition) is 1. The first kappa shape index (κ1) is 15.4. The highest BCUT2D eigenvalue weighted by atomic mass is 28.3. The predicted octanol–water partition coefficient (Wildman–Crippen LogP) is 4.40. The Balaban J connectivity index is 3.35. The summed E-state index contributed by atoms with van der Waals surface area (Å²) in [5.74, 6) is 0.756. The average molecular weight is 246 g/mol. The van der Waals surface area contributed by atoms with Gasteiger partial charge in [-0.15, -0.1) is 0 Å². The van der Waals surface area contributed by atoms with Crippen LogP contribution in [0.15, 0.2) is 0 Å². The maximum Gasteiger partial charge on any atom is 0.204 e. The molecule has 91 valence electrons. The van der Waals surface area contributed by atoms with E-state index in [1.165, 1.54) is 25.3 Å². The zero-order chi connectivity index (χ0) is 11.9. The van der Waals surface area contributed by atoms with Gasteiger partial charge in [0.1, 0.15) is 0 Å². The Bertz CT molecular complexity index is 152. The summed E-state index contributed by atoms with van der Waals surface area (Å²) in [6.45, 7) is 15.1. The lowest BCUT2D eigenvalue weighted by Crippen LogP contribution is -2.19. The van der Waals surface area contributed by atoms with E-state index in [0.717, 1.165) is 12.5 Å². The summed E-state index contributed by atoms with van der Waals surface area (Å²) in [5, 5.41) is 0. The topological polar surface area (TPSA) is 9.23 Å². The molecular weight excluding hydrogens is 216 g/mol. The fourth-order valence-electron chi connectivity index (χ4n) is 1.54. The Morgan fingerprint density at radius 1 is 1.13 bits per heavy atom. The SMILES string of the molecule is CC(CCCC[Si](C)(C)C)CO[Si](C)C. The quantitative estimate of drug-likeness (QED) is 0.455. The van der Waals surface area contributed by atoms with E-state index in [1.807, 2.05) is 0 Å². The highest BCUT2D eigenvalue weighted by Crippen LogP contribution is 2.16. The molecule has 0 saturated carbocycles. The van der Waals surface area contributed by atoms with Crippen molar-refractivity contribution in [2.24, 2.45) is 5.92 Å². The zero-order valence-electron chi connectivity index (χ0n) is 11.5. The van der Waals surface area contributed by atoms with Crippen LogP contribution in [0.2, 0.25) is 38.8 Å². The van der Waals surface area contributed by atoms with E-state index in [4.69, 9.17) is 4.43 Å². The van der Waals surface area contributed by atoms with Crippen molar-refractivity contribution in [2.45, 2.75) is 65.0 Å².